The summed E-state index contributed by atoms with van der Waals surface area (Å²) in [6.07, 6.45) is 0. The Morgan fingerprint density at radius 3 is 0.519 bits per heavy atom. The monoisotopic (exact) mass is 581 g/mol. The molecule has 0 aliphatic carbocycles. The van der Waals surface area contributed by atoms with Gasteiger partial charge in [-0.2, -0.15) is 39.5 Å². The van der Waals surface area contributed by atoms with Crippen LogP contribution in [0.1, 0.15) is 0 Å². The Kier molecular flexibility index (Phi) is 17.0. The predicted octanol–water partition coefficient (Wildman–Crippen LogP) is -1.03. The fourth-order valence-electron chi connectivity index (χ4n) is 0. The summed E-state index contributed by atoms with van der Waals surface area (Å²) < 4.78 is 177. The summed E-state index contributed by atoms with van der Waals surface area (Å²) in [5, 5.41) is 0. The minimum absolute atomic E-state index is 0. The Hall–Kier alpha value is -0.357. The first-order valence-corrected chi connectivity index (χ1v) is 8.37. The predicted molar refractivity (Wildman–Crippen MR) is 55.6 cm³/mol. The smallest absolute Gasteiger partial charge is 0.741 e. The molecule has 0 saturated carbocycles. The minimum Gasteiger partial charge on any atom is -0.741 e. The van der Waals surface area contributed by atoms with Crippen molar-refractivity contribution in [3.8, 4) is 0 Å². The van der Waals surface area contributed by atoms with Crippen LogP contribution < -0.4 is 11.7 Å². The molecule has 24 heteroatoms. The first-order valence-electron chi connectivity index (χ1n) is 4.15. The Bertz CT molecular complexity index is 607. The van der Waals surface area contributed by atoms with E-state index in [-0.39, 0.29) is 19.5 Å². The molecule has 0 saturated heterocycles. The van der Waals surface area contributed by atoms with Crippen LogP contribution in [0.5, 0.6) is 0 Å². The van der Waals surface area contributed by atoms with E-state index in [1.165, 1.54) is 0 Å². The van der Waals surface area contributed by atoms with Crippen LogP contribution in [-0.4, -0.2) is 55.4 Å². The number of nitrogens with two attached hydrogens (primary N) is 2. The van der Waals surface area contributed by atoms with Gasteiger partial charge in [-0.1, -0.05) is 0 Å². The first-order chi connectivity index (χ1) is 10.8. The molecule has 0 aromatic carbocycles. The van der Waals surface area contributed by atoms with E-state index < -0.39 is 46.9 Å². The fourth-order valence-corrected chi connectivity index (χ4v) is 0. The molecule has 0 bridgehead atoms. The molecule has 0 aromatic rings. The molecular weight excluding hydrogens is 576 g/mol. The largest absolute Gasteiger partial charge is 3.00 e. The van der Waals surface area contributed by atoms with Crippen molar-refractivity contribution in [3.63, 3.8) is 0 Å². The van der Waals surface area contributed by atoms with E-state index in [0.29, 0.717) is 0 Å². The van der Waals surface area contributed by atoms with Crippen LogP contribution in [0.4, 0.5) is 39.5 Å². The SMILES string of the molecule is NN.O=S(=O)([O-])C(F)(F)F.O=S(=O)([O-])C(F)(F)F.O=S(=O)([O-])C(F)(F)F.[Ru+3]. The van der Waals surface area contributed by atoms with Crippen LogP contribution in [0.25, 0.3) is 0 Å². The maximum Gasteiger partial charge on any atom is 3.00 e. The van der Waals surface area contributed by atoms with Crippen molar-refractivity contribution < 1.29 is 97.9 Å². The van der Waals surface area contributed by atoms with Crippen molar-refractivity contribution in [2.75, 3.05) is 0 Å². The molecule has 0 aliphatic rings. The van der Waals surface area contributed by atoms with Gasteiger partial charge in [0.15, 0.2) is 30.4 Å². The van der Waals surface area contributed by atoms with Crippen LogP contribution in [0, 0.1) is 0 Å². The first kappa shape index (κ1) is 37.4. The molecular formula is C3H4F9N2O9RuS3. The molecule has 0 spiro atoms. The van der Waals surface area contributed by atoms with Crippen LogP contribution in [0.2, 0.25) is 0 Å². The second-order valence-electron chi connectivity index (χ2n) is 2.70. The molecule has 0 heterocycles. The Balaban J connectivity index is -0.0000000840. The molecule has 27 heavy (non-hydrogen) atoms. The van der Waals surface area contributed by atoms with E-state index in [2.05, 4.69) is 11.7 Å². The summed E-state index contributed by atoms with van der Waals surface area (Å²) in [7, 11) is -18.3. The summed E-state index contributed by atoms with van der Waals surface area (Å²) in [6.45, 7) is 0. The van der Waals surface area contributed by atoms with Gasteiger partial charge in [-0.15, -0.1) is 0 Å². The van der Waals surface area contributed by atoms with E-state index in [9.17, 15) is 39.5 Å². The molecule has 0 fully saturated rings. The standard InChI is InChI=1S/3CHF3O3S.H4N2.Ru/c3*2-1(3,4)8(5,6)7;1-2;/h3*(H,5,6,7);1-2H2;/q;;;;+3/p-3. The van der Waals surface area contributed by atoms with Gasteiger partial charge in [-0.25, -0.2) is 25.3 Å². The van der Waals surface area contributed by atoms with Gasteiger partial charge in [0.05, 0.1) is 0 Å². The van der Waals surface area contributed by atoms with Crippen molar-refractivity contribution in [1.29, 1.82) is 0 Å². The van der Waals surface area contributed by atoms with Gasteiger partial charge in [-0.05, 0) is 0 Å². The summed E-state index contributed by atoms with van der Waals surface area (Å²) in [6, 6.07) is 0. The molecule has 0 unspecified atom stereocenters. The van der Waals surface area contributed by atoms with Crippen molar-refractivity contribution in [1.82, 2.24) is 0 Å². The molecule has 169 valence electrons. The summed E-state index contributed by atoms with van der Waals surface area (Å²) in [5.74, 6) is 8.00. The normalized spacial score (nSPS) is 12.7. The van der Waals surface area contributed by atoms with Crippen molar-refractivity contribution in [2.24, 2.45) is 11.7 Å². The number of rotatable bonds is 0. The van der Waals surface area contributed by atoms with Crippen LogP contribution in [-0.2, 0) is 49.8 Å². The average molecular weight is 580 g/mol. The van der Waals surface area contributed by atoms with Crippen molar-refractivity contribution >= 4 is 30.4 Å². The summed E-state index contributed by atoms with van der Waals surface area (Å²) in [4.78, 5) is 0. The van der Waals surface area contributed by atoms with E-state index in [1.807, 2.05) is 0 Å². The average Bonchev–Trinajstić information content (AvgIpc) is 2.24. The molecule has 0 rings (SSSR count). The van der Waals surface area contributed by atoms with Crippen LogP contribution in [0.3, 0.4) is 0 Å². The van der Waals surface area contributed by atoms with E-state index in [0.717, 1.165) is 0 Å². The number of hydrogen-bond acceptors (Lipinski definition) is 11. The second-order valence-corrected chi connectivity index (χ2v) is 6.81. The van der Waals surface area contributed by atoms with Gasteiger partial charge < -0.3 is 13.7 Å². The van der Waals surface area contributed by atoms with Crippen LogP contribution >= 0.6 is 0 Å². The third-order valence-corrected chi connectivity index (χ3v) is 2.55. The molecule has 0 aromatic heterocycles. The quantitative estimate of drug-likeness (QED) is 0.0880. The molecule has 0 aliphatic heterocycles. The molecule has 11 nitrogen and oxygen atoms in total. The van der Waals surface area contributed by atoms with Gasteiger partial charge in [-0.3, -0.25) is 11.7 Å². The number of hydrogen-bond donors (Lipinski definition) is 2. The van der Waals surface area contributed by atoms with Crippen molar-refractivity contribution in [3.05, 3.63) is 0 Å². The Labute approximate surface area is 156 Å². The van der Waals surface area contributed by atoms with E-state index in [1.54, 1.807) is 0 Å². The van der Waals surface area contributed by atoms with Gasteiger partial charge in [0.1, 0.15) is 0 Å². The van der Waals surface area contributed by atoms with E-state index >= 15 is 0 Å². The number of halogens is 9. The second kappa shape index (κ2) is 12.3. The Morgan fingerprint density at radius 2 is 0.519 bits per heavy atom. The fraction of sp³-hybridized carbons (Fsp3) is 1.00. The summed E-state index contributed by atoms with van der Waals surface area (Å²) in [5.41, 5.74) is -16.9. The van der Waals surface area contributed by atoms with Gasteiger partial charge in [0.25, 0.3) is 0 Å². The summed E-state index contributed by atoms with van der Waals surface area (Å²) >= 11 is 0. The topological polar surface area (TPSA) is 224 Å². The van der Waals surface area contributed by atoms with Gasteiger partial charge >= 0.3 is 36.0 Å². The molecule has 0 atom stereocenters. The number of hydrazine groups is 1. The van der Waals surface area contributed by atoms with Crippen LogP contribution in [0.15, 0.2) is 0 Å². The van der Waals surface area contributed by atoms with Gasteiger partial charge in [0, 0.05) is 0 Å². The maximum atomic E-state index is 10.7. The zero-order valence-electron chi connectivity index (χ0n) is 11.3. The maximum absolute atomic E-state index is 10.7. The minimum atomic E-state index is -6.09. The van der Waals surface area contributed by atoms with Gasteiger partial charge in [0.2, 0.25) is 0 Å². The van der Waals surface area contributed by atoms with Crippen molar-refractivity contribution in [2.45, 2.75) is 16.5 Å². The van der Waals surface area contributed by atoms with E-state index in [4.69, 9.17) is 38.9 Å². The zero-order valence-corrected chi connectivity index (χ0v) is 15.5. The third kappa shape index (κ3) is 20.2. The molecule has 1 radical (unpaired) electrons. The third-order valence-electron chi connectivity index (χ3n) is 0.850. The molecule has 0 amide bonds. The molecule has 4 N–H and O–H groups in total. The number of alkyl halides is 9. The Morgan fingerprint density at radius 1 is 0.481 bits per heavy atom. The zero-order chi connectivity index (χ0) is 23.0.